The third-order valence-corrected chi connectivity index (χ3v) is 6.07. The first-order valence-electron chi connectivity index (χ1n) is 8.39. The van der Waals surface area contributed by atoms with Crippen LogP contribution in [0.4, 0.5) is 5.69 Å². The number of halogens is 2. The highest BCUT2D eigenvalue weighted by molar-refractivity contribution is 7.92. The normalized spacial score (nSPS) is 18.2. The number of sulfonamides is 1. The molecule has 5 nitrogen and oxygen atoms in total. The lowest BCUT2D eigenvalue weighted by Gasteiger charge is -2.31. The SMILES string of the molecule is CC1CCCN(C(=O)CCCN(c2cc(Cl)ccc2Cl)S(C)(=O)=O)C1. The molecule has 1 saturated heterocycles. The van der Waals surface area contributed by atoms with Crippen LogP contribution in [0.5, 0.6) is 0 Å². The molecule has 0 aromatic heterocycles. The molecule has 1 heterocycles. The summed E-state index contributed by atoms with van der Waals surface area (Å²) >= 11 is 12.1. The van der Waals surface area contributed by atoms with E-state index >= 15 is 0 Å². The molecule has 1 fully saturated rings. The Morgan fingerprint density at radius 1 is 1.36 bits per heavy atom. The van der Waals surface area contributed by atoms with Crippen LogP contribution >= 0.6 is 23.2 Å². The van der Waals surface area contributed by atoms with Crippen LogP contribution in [0.2, 0.25) is 10.0 Å². The van der Waals surface area contributed by atoms with E-state index in [1.807, 2.05) is 4.90 Å². The molecule has 0 radical (unpaired) electrons. The van der Waals surface area contributed by atoms with Crippen LogP contribution in [0, 0.1) is 5.92 Å². The number of benzene rings is 1. The van der Waals surface area contributed by atoms with Crippen molar-refractivity contribution in [2.24, 2.45) is 5.92 Å². The van der Waals surface area contributed by atoms with Gasteiger partial charge in [0, 0.05) is 31.1 Å². The summed E-state index contributed by atoms with van der Waals surface area (Å²) in [6.07, 6.45) is 4.05. The zero-order chi connectivity index (χ0) is 18.6. The molecule has 1 unspecified atom stereocenters. The Bertz CT molecular complexity index is 725. The van der Waals surface area contributed by atoms with Crippen molar-refractivity contribution in [3.8, 4) is 0 Å². The van der Waals surface area contributed by atoms with E-state index in [-0.39, 0.29) is 12.5 Å². The molecule has 1 aromatic rings. The summed E-state index contributed by atoms with van der Waals surface area (Å²) in [6.45, 7) is 3.91. The lowest BCUT2D eigenvalue weighted by atomic mass is 10.00. The largest absolute Gasteiger partial charge is 0.342 e. The second-order valence-electron chi connectivity index (χ2n) is 6.62. The zero-order valence-electron chi connectivity index (χ0n) is 14.5. The van der Waals surface area contributed by atoms with E-state index in [2.05, 4.69) is 6.92 Å². The number of nitrogens with zero attached hydrogens (tertiary/aromatic N) is 2. The first-order valence-corrected chi connectivity index (χ1v) is 11.0. The van der Waals surface area contributed by atoms with Gasteiger partial charge in [-0.3, -0.25) is 9.10 Å². The Morgan fingerprint density at radius 3 is 2.72 bits per heavy atom. The van der Waals surface area contributed by atoms with Crippen molar-refractivity contribution >= 4 is 44.8 Å². The minimum Gasteiger partial charge on any atom is -0.342 e. The number of likely N-dealkylation sites (tertiary alicyclic amines) is 1. The zero-order valence-corrected chi connectivity index (χ0v) is 16.9. The van der Waals surface area contributed by atoms with Crippen molar-refractivity contribution in [3.63, 3.8) is 0 Å². The first-order chi connectivity index (χ1) is 11.7. The van der Waals surface area contributed by atoms with Gasteiger partial charge in [0.05, 0.1) is 17.0 Å². The third kappa shape index (κ3) is 5.76. The maximum Gasteiger partial charge on any atom is 0.232 e. The van der Waals surface area contributed by atoms with Crippen molar-refractivity contribution in [1.29, 1.82) is 0 Å². The molecule has 2 rings (SSSR count). The van der Waals surface area contributed by atoms with Gasteiger partial charge in [-0.05, 0) is 43.4 Å². The van der Waals surface area contributed by atoms with E-state index in [9.17, 15) is 13.2 Å². The van der Waals surface area contributed by atoms with Gasteiger partial charge in [-0.1, -0.05) is 30.1 Å². The average molecular weight is 407 g/mol. The molecule has 1 aromatic carbocycles. The molecule has 0 saturated carbocycles. The molecule has 140 valence electrons. The molecule has 25 heavy (non-hydrogen) atoms. The number of carbonyl (C=O) groups excluding carboxylic acids is 1. The summed E-state index contributed by atoms with van der Waals surface area (Å²) in [6, 6.07) is 4.70. The molecule has 1 aliphatic heterocycles. The fourth-order valence-electron chi connectivity index (χ4n) is 3.09. The molecule has 1 aliphatic rings. The number of amides is 1. The lowest BCUT2D eigenvalue weighted by Crippen LogP contribution is -2.39. The lowest BCUT2D eigenvalue weighted by molar-refractivity contribution is -0.132. The second kappa shape index (κ2) is 8.60. The van der Waals surface area contributed by atoms with Crippen LogP contribution < -0.4 is 4.31 Å². The van der Waals surface area contributed by atoms with Gasteiger partial charge in [-0.15, -0.1) is 0 Å². The standard InChI is InChI=1S/C17H24Cl2N2O3S/c1-13-5-3-9-20(12-13)17(22)6-4-10-21(25(2,23)24)16-11-14(18)7-8-15(16)19/h7-8,11,13H,3-6,9-10,12H2,1-2H3. The maximum absolute atomic E-state index is 12.3. The smallest absolute Gasteiger partial charge is 0.232 e. The van der Waals surface area contributed by atoms with Gasteiger partial charge in [0.15, 0.2) is 0 Å². The number of anilines is 1. The van der Waals surface area contributed by atoms with Crippen LogP contribution in [0.15, 0.2) is 18.2 Å². The molecule has 1 amide bonds. The van der Waals surface area contributed by atoms with Crippen LogP contribution in [0.25, 0.3) is 0 Å². The van der Waals surface area contributed by atoms with Gasteiger partial charge < -0.3 is 4.90 Å². The minimum atomic E-state index is -3.52. The van der Waals surface area contributed by atoms with Crippen molar-refractivity contribution in [1.82, 2.24) is 4.90 Å². The van der Waals surface area contributed by atoms with Gasteiger partial charge in [0.2, 0.25) is 15.9 Å². The van der Waals surface area contributed by atoms with Crippen molar-refractivity contribution in [2.45, 2.75) is 32.6 Å². The highest BCUT2D eigenvalue weighted by Gasteiger charge is 2.23. The van der Waals surface area contributed by atoms with Gasteiger partial charge in [-0.25, -0.2) is 8.42 Å². The van der Waals surface area contributed by atoms with Crippen LogP contribution in [-0.2, 0) is 14.8 Å². The summed E-state index contributed by atoms with van der Waals surface area (Å²) in [4.78, 5) is 14.2. The predicted molar refractivity (Wildman–Crippen MR) is 103 cm³/mol. The molecular formula is C17H24Cl2N2O3S. The highest BCUT2D eigenvalue weighted by atomic mass is 35.5. The van der Waals surface area contributed by atoms with E-state index in [1.54, 1.807) is 12.1 Å². The Hall–Kier alpha value is -0.980. The van der Waals surface area contributed by atoms with E-state index in [0.29, 0.717) is 34.5 Å². The molecule has 0 N–H and O–H groups in total. The molecule has 1 atom stereocenters. The summed E-state index contributed by atoms with van der Waals surface area (Å²) in [7, 11) is -3.52. The maximum atomic E-state index is 12.3. The van der Waals surface area contributed by atoms with E-state index < -0.39 is 10.0 Å². The van der Waals surface area contributed by atoms with Gasteiger partial charge in [-0.2, -0.15) is 0 Å². The van der Waals surface area contributed by atoms with Crippen LogP contribution in [-0.4, -0.2) is 45.1 Å². The quantitative estimate of drug-likeness (QED) is 0.721. The summed E-state index contributed by atoms with van der Waals surface area (Å²) < 4.78 is 25.5. The predicted octanol–water partition coefficient (Wildman–Crippen LogP) is 3.80. The van der Waals surface area contributed by atoms with E-state index in [4.69, 9.17) is 23.2 Å². The Labute approximate surface area is 159 Å². The summed E-state index contributed by atoms with van der Waals surface area (Å²) in [5.41, 5.74) is 0.343. The molecule has 8 heteroatoms. The number of piperidine rings is 1. The number of carbonyl (C=O) groups is 1. The topological polar surface area (TPSA) is 57.7 Å². The van der Waals surface area contributed by atoms with E-state index in [0.717, 1.165) is 32.2 Å². The van der Waals surface area contributed by atoms with Gasteiger partial charge in [0.25, 0.3) is 0 Å². The average Bonchev–Trinajstić information content (AvgIpc) is 2.53. The molecule has 0 spiro atoms. The first kappa shape index (κ1) is 20.3. The molecule has 0 aliphatic carbocycles. The Kier molecular flexibility index (Phi) is 7.00. The van der Waals surface area contributed by atoms with Crippen molar-refractivity contribution < 1.29 is 13.2 Å². The summed E-state index contributed by atoms with van der Waals surface area (Å²) in [5, 5.41) is 0.720. The van der Waals surface area contributed by atoms with Crippen molar-refractivity contribution in [2.75, 3.05) is 30.2 Å². The Balaban J connectivity index is 2.02. The van der Waals surface area contributed by atoms with Crippen molar-refractivity contribution in [3.05, 3.63) is 28.2 Å². The third-order valence-electron chi connectivity index (χ3n) is 4.34. The highest BCUT2D eigenvalue weighted by Crippen LogP contribution is 2.31. The Morgan fingerprint density at radius 2 is 2.08 bits per heavy atom. The monoisotopic (exact) mass is 406 g/mol. The van der Waals surface area contributed by atoms with Gasteiger partial charge >= 0.3 is 0 Å². The van der Waals surface area contributed by atoms with Crippen LogP contribution in [0.1, 0.15) is 32.6 Å². The second-order valence-corrected chi connectivity index (χ2v) is 9.37. The van der Waals surface area contributed by atoms with E-state index in [1.165, 1.54) is 10.4 Å². The minimum absolute atomic E-state index is 0.0807. The number of hydrogen-bond acceptors (Lipinski definition) is 3. The summed E-state index contributed by atoms with van der Waals surface area (Å²) in [5.74, 6) is 0.604. The fourth-order valence-corrected chi connectivity index (χ4v) is 4.49. The number of rotatable bonds is 6. The number of hydrogen-bond donors (Lipinski definition) is 0. The van der Waals surface area contributed by atoms with Crippen LogP contribution in [0.3, 0.4) is 0 Å². The molecular weight excluding hydrogens is 383 g/mol. The van der Waals surface area contributed by atoms with Gasteiger partial charge in [0.1, 0.15) is 0 Å². The fraction of sp³-hybridized carbons (Fsp3) is 0.588. The molecule has 0 bridgehead atoms.